The van der Waals surface area contributed by atoms with Crippen molar-refractivity contribution >= 4 is 11.9 Å². The Morgan fingerprint density at radius 3 is 2.31 bits per heavy atom. The van der Waals surface area contributed by atoms with Gasteiger partial charge < -0.3 is 14.9 Å². The standard InChI is InChI=1S/C6H10O3.C4H3NO2/c1-2-6(8)9-5-3-4-7;1-3(2-5)4(6)7/h2,7H,1,3-5H2;1H2,(H,6,7). The van der Waals surface area contributed by atoms with E-state index in [1.165, 1.54) is 6.07 Å². The van der Waals surface area contributed by atoms with E-state index in [0.717, 1.165) is 6.08 Å². The summed E-state index contributed by atoms with van der Waals surface area (Å²) >= 11 is 0. The molecule has 6 nitrogen and oxygen atoms in total. The van der Waals surface area contributed by atoms with Crippen molar-refractivity contribution in [1.29, 1.82) is 5.26 Å². The summed E-state index contributed by atoms with van der Waals surface area (Å²) in [5.74, 6) is -1.70. The number of hydrogen-bond donors (Lipinski definition) is 2. The zero-order chi connectivity index (χ0) is 13.0. The van der Waals surface area contributed by atoms with Gasteiger partial charge in [-0.05, 0) is 0 Å². The number of carbonyl (C=O) groups is 2. The van der Waals surface area contributed by atoms with Crippen LogP contribution in [-0.4, -0.2) is 35.4 Å². The molecule has 0 radical (unpaired) electrons. The highest BCUT2D eigenvalue weighted by Gasteiger charge is 1.97. The molecule has 0 spiro atoms. The number of nitrogens with zero attached hydrogens (tertiary/aromatic N) is 1. The summed E-state index contributed by atoms with van der Waals surface area (Å²) in [6.07, 6.45) is 1.58. The van der Waals surface area contributed by atoms with Crippen LogP contribution in [0.15, 0.2) is 24.8 Å². The third-order valence-corrected chi connectivity index (χ3v) is 1.11. The predicted molar refractivity (Wildman–Crippen MR) is 55.2 cm³/mol. The van der Waals surface area contributed by atoms with Gasteiger partial charge in [0.15, 0.2) is 0 Å². The molecule has 0 aliphatic heterocycles. The first kappa shape index (κ1) is 16.3. The van der Waals surface area contributed by atoms with Gasteiger partial charge in [0.25, 0.3) is 0 Å². The number of aliphatic hydroxyl groups excluding tert-OH is 1. The van der Waals surface area contributed by atoms with Gasteiger partial charge in [0.05, 0.1) is 6.61 Å². The molecule has 2 N–H and O–H groups in total. The van der Waals surface area contributed by atoms with Gasteiger partial charge in [0.2, 0.25) is 0 Å². The maximum Gasteiger partial charge on any atom is 0.345 e. The van der Waals surface area contributed by atoms with Crippen molar-refractivity contribution in [2.75, 3.05) is 13.2 Å². The van der Waals surface area contributed by atoms with Crippen molar-refractivity contribution in [2.45, 2.75) is 6.42 Å². The Balaban J connectivity index is 0. The number of hydrogen-bond acceptors (Lipinski definition) is 5. The van der Waals surface area contributed by atoms with Crippen LogP contribution in [0.25, 0.3) is 0 Å². The molecular formula is C10H13NO5. The van der Waals surface area contributed by atoms with Crippen LogP contribution >= 0.6 is 0 Å². The minimum absolute atomic E-state index is 0.0461. The minimum Gasteiger partial charge on any atom is -0.477 e. The van der Waals surface area contributed by atoms with Crippen LogP contribution < -0.4 is 0 Å². The Bertz CT molecular complexity index is 303. The molecule has 16 heavy (non-hydrogen) atoms. The number of carbonyl (C=O) groups excluding carboxylic acids is 1. The maximum atomic E-state index is 10.3. The highest BCUT2D eigenvalue weighted by Crippen LogP contribution is 1.82. The number of rotatable bonds is 5. The summed E-state index contributed by atoms with van der Waals surface area (Å²) in [6, 6.07) is 1.37. The third-order valence-electron chi connectivity index (χ3n) is 1.11. The second-order valence-electron chi connectivity index (χ2n) is 2.34. The predicted octanol–water partition coefficient (Wildman–Crippen LogP) is 0.249. The first-order valence-electron chi connectivity index (χ1n) is 4.21. The van der Waals surface area contributed by atoms with E-state index in [1.807, 2.05) is 0 Å². The zero-order valence-corrected chi connectivity index (χ0v) is 8.68. The molecule has 88 valence electrons. The van der Waals surface area contributed by atoms with E-state index in [4.69, 9.17) is 15.5 Å². The lowest BCUT2D eigenvalue weighted by Gasteiger charge is -1.96. The van der Waals surface area contributed by atoms with E-state index in [0.29, 0.717) is 6.42 Å². The number of nitriles is 1. The van der Waals surface area contributed by atoms with Crippen molar-refractivity contribution in [1.82, 2.24) is 0 Å². The van der Waals surface area contributed by atoms with Crippen LogP contribution in [0.4, 0.5) is 0 Å². The minimum atomic E-state index is -1.26. The molecule has 0 aromatic heterocycles. The van der Waals surface area contributed by atoms with Crippen molar-refractivity contribution < 1.29 is 24.5 Å². The van der Waals surface area contributed by atoms with Crippen molar-refractivity contribution in [3.63, 3.8) is 0 Å². The summed E-state index contributed by atoms with van der Waals surface area (Å²) in [5, 5.41) is 23.9. The van der Waals surface area contributed by atoms with Crippen LogP contribution in [-0.2, 0) is 14.3 Å². The quantitative estimate of drug-likeness (QED) is 0.301. The number of aliphatic hydroxyl groups is 1. The topological polar surface area (TPSA) is 108 Å². The van der Waals surface area contributed by atoms with Crippen LogP contribution in [0.2, 0.25) is 0 Å². The van der Waals surface area contributed by atoms with Gasteiger partial charge in [-0.25, -0.2) is 9.59 Å². The lowest BCUT2D eigenvalue weighted by molar-refractivity contribution is -0.138. The van der Waals surface area contributed by atoms with Crippen molar-refractivity contribution in [2.24, 2.45) is 0 Å². The van der Waals surface area contributed by atoms with Crippen molar-refractivity contribution in [3.8, 4) is 6.07 Å². The summed E-state index contributed by atoms with van der Waals surface area (Å²) in [4.78, 5) is 19.9. The largest absolute Gasteiger partial charge is 0.477 e. The molecule has 0 aromatic rings. The fourth-order valence-electron chi connectivity index (χ4n) is 0.344. The second-order valence-corrected chi connectivity index (χ2v) is 2.34. The Morgan fingerprint density at radius 2 is 2.06 bits per heavy atom. The van der Waals surface area contributed by atoms with E-state index < -0.39 is 17.5 Å². The molecule has 0 atom stereocenters. The number of esters is 1. The number of ether oxygens (including phenoxy) is 1. The lowest BCUT2D eigenvalue weighted by atomic mass is 10.4. The van der Waals surface area contributed by atoms with E-state index >= 15 is 0 Å². The van der Waals surface area contributed by atoms with Gasteiger partial charge in [-0.3, -0.25) is 0 Å². The van der Waals surface area contributed by atoms with E-state index in [9.17, 15) is 9.59 Å². The third kappa shape index (κ3) is 11.9. The second kappa shape index (κ2) is 10.9. The van der Waals surface area contributed by atoms with Gasteiger partial charge in [-0.2, -0.15) is 5.26 Å². The molecule has 0 saturated carbocycles. The smallest absolute Gasteiger partial charge is 0.345 e. The molecule has 0 saturated heterocycles. The normalized spacial score (nSPS) is 7.75. The van der Waals surface area contributed by atoms with Crippen LogP contribution in [0.3, 0.4) is 0 Å². The summed E-state index contributed by atoms with van der Waals surface area (Å²) in [6.45, 7) is 6.43. The monoisotopic (exact) mass is 227 g/mol. The number of carboxylic acid groups (broad SMARTS) is 1. The molecule has 0 heterocycles. The van der Waals surface area contributed by atoms with Gasteiger partial charge in [-0.15, -0.1) is 0 Å². The van der Waals surface area contributed by atoms with Crippen molar-refractivity contribution in [3.05, 3.63) is 24.8 Å². The first-order chi connectivity index (χ1) is 7.49. The number of carboxylic acids is 1. The van der Waals surface area contributed by atoms with E-state index in [-0.39, 0.29) is 13.2 Å². The van der Waals surface area contributed by atoms with Crippen LogP contribution in [0, 0.1) is 11.3 Å². The Labute approximate surface area is 93.1 Å². The Kier molecular flexibility index (Phi) is 11.2. The molecule has 0 fully saturated rings. The average molecular weight is 227 g/mol. The summed E-state index contributed by atoms with van der Waals surface area (Å²) in [7, 11) is 0. The molecule has 0 unspecified atom stereocenters. The summed E-state index contributed by atoms with van der Waals surface area (Å²) < 4.78 is 4.51. The molecular weight excluding hydrogens is 214 g/mol. The van der Waals surface area contributed by atoms with Crippen LogP contribution in [0.5, 0.6) is 0 Å². The fourth-order valence-corrected chi connectivity index (χ4v) is 0.344. The maximum absolute atomic E-state index is 10.3. The van der Waals surface area contributed by atoms with Gasteiger partial charge in [-0.1, -0.05) is 13.2 Å². The highest BCUT2D eigenvalue weighted by molar-refractivity contribution is 5.90. The SMILES string of the molecule is C=C(C#N)C(=O)O.C=CC(=O)OCCCO. The first-order valence-corrected chi connectivity index (χ1v) is 4.21. The van der Waals surface area contributed by atoms with Gasteiger partial charge in [0, 0.05) is 19.1 Å². The lowest BCUT2D eigenvalue weighted by Crippen LogP contribution is -2.02. The summed E-state index contributed by atoms with van der Waals surface area (Å²) in [5.41, 5.74) is -0.431. The van der Waals surface area contributed by atoms with E-state index in [2.05, 4.69) is 17.9 Å². The molecule has 0 bridgehead atoms. The zero-order valence-electron chi connectivity index (χ0n) is 8.68. The van der Waals surface area contributed by atoms with Gasteiger partial charge >= 0.3 is 11.9 Å². The molecule has 0 aliphatic rings. The fraction of sp³-hybridized carbons (Fsp3) is 0.300. The average Bonchev–Trinajstić information content (AvgIpc) is 2.28. The molecule has 6 heteroatoms. The molecule has 0 amide bonds. The Morgan fingerprint density at radius 1 is 1.50 bits per heavy atom. The van der Waals surface area contributed by atoms with Crippen LogP contribution in [0.1, 0.15) is 6.42 Å². The molecule has 0 aromatic carbocycles. The van der Waals surface area contributed by atoms with E-state index in [1.54, 1.807) is 0 Å². The van der Waals surface area contributed by atoms with Gasteiger partial charge in [0.1, 0.15) is 11.6 Å². The highest BCUT2D eigenvalue weighted by atomic mass is 16.5. The molecule has 0 aliphatic carbocycles. The Hall–Kier alpha value is -2.13. The number of aliphatic carboxylic acids is 1. The molecule has 0 rings (SSSR count).